The van der Waals surface area contributed by atoms with Gasteiger partial charge in [-0.1, -0.05) is 26.0 Å². The molecule has 0 saturated heterocycles. The number of hydrogen-bond acceptors (Lipinski definition) is 2. The minimum atomic E-state index is -0.775. The lowest BCUT2D eigenvalue weighted by Crippen LogP contribution is -2.13. The van der Waals surface area contributed by atoms with Crippen LogP contribution in [0.15, 0.2) is 35.7 Å². The van der Waals surface area contributed by atoms with E-state index in [2.05, 4.69) is 5.32 Å². The molecule has 0 spiro atoms. The highest BCUT2D eigenvalue weighted by Crippen LogP contribution is 2.10. The van der Waals surface area contributed by atoms with Crippen LogP contribution in [-0.4, -0.2) is 15.2 Å². The number of allylic oxidation sites excluding steroid dienone is 4. The van der Waals surface area contributed by atoms with Crippen LogP contribution in [0.5, 0.6) is 0 Å². The number of hydrogen-bond donors (Lipinski definition) is 1. The molecule has 0 amide bonds. The number of rotatable bonds is 3. The normalized spacial score (nSPS) is 18.3. The SMILES string of the molecule is CC1=C(C[S@@](=O)C(C)C)C=CC=CN1. The van der Waals surface area contributed by atoms with E-state index >= 15 is 0 Å². The summed E-state index contributed by atoms with van der Waals surface area (Å²) in [5.74, 6) is 0.634. The third kappa shape index (κ3) is 3.14. The van der Waals surface area contributed by atoms with Gasteiger partial charge in [-0.15, -0.1) is 0 Å². The second kappa shape index (κ2) is 5.15. The quantitative estimate of drug-likeness (QED) is 0.774. The first kappa shape index (κ1) is 11.2. The van der Waals surface area contributed by atoms with Crippen molar-refractivity contribution in [2.45, 2.75) is 26.0 Å². The molecule has 0 radical (unpaired) electrons. The second-order valence-electron chi connectivity index (χ2n) is 3.59. The van der Waals surface area contributed by atoms with Gasteiger partial charge in [-0.05, 0) is 18.6 Å². The molecule has 1 heterocycles. The molecular weight excluding hydrogens is 194 g/mol. The molecule has 78 valence electrons. The van der Waals surface area contributed by atoms with Crippen molar-refractivity contribution in [1.29, 1.82) is 0 Å². The van der Waals surface area contributed by atoms with Crippen LogP contribution >= 0.6 is 0 Å². The van der Waals surface area contributed by atoms with Crippen LogP contribution < -0.4 is 5.32 Å². The van der Waals surface area contributed by atoms with Crippen molar-refractivity contribution < 1.29 is 4.21 Å². The van der Waals surface area contributed by atoms with Crippen molar-refractivity contribution in [2.24, 2.45) is 0 Å². The van der Waals surface area contributed by atoms with Gasteiger partial charge in [-0.3, -0.25) is 4.21 Å². The van der Waals surface area contributed by atoms with E-state index in [1.54, 1.807) is 0 Å². The molecule has 1 aliphatic rings. The predicted octanol–water partition coefficient (Wildman–Crippen LogP) is 2.09. The Balaban J connectivity index is 2.72. The molecule has 1 atom stereocenters. The number of nitrogens with one attached hydrogen (secondary N) is 1. The van der Waals surface area contributed by atoms with Crippen molar-refractivity contribution in [2.75, 3.05) is 5.75 Å². The fourth-order valence-electron chi connectivity index (χ4n) is 1.09. The van der Waals surface area contributed by atoms with Crippen LogP contribution in [0.1, 0.15) is 20.8 Å². The van der Waals surface area contributed by atoms with E-state index in [4.69, 9.17) is 0 Å². The molecule has 0 aromatic carbocycles. The Bertz CT molecular complexity index is 313. The highest BCUT2D eigenvalue weighted by molar-refractivity contribution is 7.85. The van der Waals surface area contributed by atoms with Crippen molar-refractivity contribution in [3.8, 4) is 0 Å². The van der Waals surface area contributed by atoms with Crippen molar-refractivity contribution >= 4 is 10.8 Å². The molecule has 1 aliphatic heterocycles. The van der Waals surface area contributed by atoms with Gasteiger partial charge in [-0.25, -0.2) is 0 Å². The predicted molar refractivity (Wildman–Crippen MR) is 62.3 cm³/mol. The van der Waals surface area contributed by atoms with E-state index in [1.165, 1.54) is 0 Å². The average Bonchev–Trinajstić information content (AvgIpc) is 2.32. The van der Waals surface area contributed by atoms with Crippen LogP contribution in [0.3, 0.4) is 0 Å². The molecule has 0 aliphatic carbocycles. The second-order valence-corrected chi connectivity index (χ2v) is 5.58. The molecule has 0 saturated carbocycles. The maximum absolute atomic E-state index is 11.7. The van der Waals surface area contributed by atoms with Gasteiger partial charge in [0, 0.05) is 27.9 Å². The first-order valence-corrected chi connectivity index (χ1v) is 6.16. The maximum Gasteiger partial charge on any atom is 0.0505 e. The topological polar surface area (TPSA) is 29.1 Å². The molecule has 0 unspecified atom stereocenters. The Morgan fingerprint density at radius 1 is 1.43 bits per heavy atom. The summed E-state index contributed by atoms with van der Waals surface area (Å²) in [5.41, 5.74) is 2.21. The Morgan fingerprint density at radius 3 is 2.79 bits per heavy atom. The minimum Gasteiger partial charge on any atom is -0.365 e. The third-order valence-electron chi connectivity index (χ3n) is 2.11. The lowest BCUT2D eigenvalue weighted by atomic mass is 10.2. The first-order chi connectivity index (χ1) is 6.61. The van der Waals surface area contributed by atoms with Crippen molar-refractivity contribution in [3.05, 3.63) is 35.7 Å². The van der Waals surface area contributed by atoms with E-state index in [-0.39, 0.29) is 5.25 Å². The van der Waals surface area contributed by atoms with Gasteiger partial charge in [-0.2, -0.15) is 0 Å². The van der Waals surface area contributed by atoms with E-state index in [1.807, 2.05) is 45.2 Å². The molecule has 0 bridgehead atoms. The van der Waals surface area contributed by atoms with Gasteiger partial charge in [0.15, 0.2) is 0 Å². The zero-order valence-corrected chi connectivity index (χ0v) is 9.73. The molecule has 14 heavy (non-hydrogen) atoms. The van der Waals surface area contributed by atoms with E-state index in [0.29, 0.717) is 5.75 Å². The summed E-state index contributed by atoms with van der Waals surface area (Å²) in [6, 6.07) is 0. The fraction of sp³-hybridized carbons (Fsp3) is 0.455. The van der Waals surface area contributed by atoms with Crippen LogP contribution in [0.4, 0.5) is 0 Å². The molecule has 0 fully saturated rings. The first-order valence-electron chi connectivity index (χ1n) is 4.78. The van der Waals surface area contributed by atoms with Crippen LogP contribution in [0.2, 0.25) is 0 Å². The average molecular weight is 211 g/mol. The van der Waals surface area contributed by atoms with Gasteiger partial charge >= 0.3 is 0 Å². The molecule has 3 heteroatoms. The van der Waals surface area contributed by atoms with E-state index in [0.717, 1.165) is 11.3 Å². The molecule has 1 rings (SSSR count). The minimum absolute atomic E-state index is 0.222. The smallest absolute Gasteiger partial charge is 0.0505 e. The van der Waals surface area contributed by atoms with Crippen molar-refractivity contribution in [1.82, 2.24) is 5.32 Å². The summed E-state index contributed by atoms with van der Waals surface area (Å²) in [6.45, 7) is 5.98. The van der Waals surface area contributed by atoms with Gasteiger partial charge in [0.05, 0.1) is 5.75 Å². The molecule has 2 nitrogen and oxygen atoms in total. The molecular formula is C11H17NOS. The fourth-order valence-corrected chi connectivity index (χ4v) is 2.05. The van der Waals surface area contributed by atoms with Crippen molar-refractivity contribution in [3.63, 3.8) is 0 Å². The maximum atomic E-state index is 11.7. The Hall–Kier alpha value is -0.830. The standard InChI is InChI=1S/C11H17NOS/c1-9(2)14(13)8-11-6-4-5-7-12-10(11)3/h4-7,9,12H,8H2,1-3H3/t14-/m1/s1. The lowest BCUT2D eigenvalue weighted by Gasteiger charge is -2.09. The van der Waals surface area contributed by atoms with Crippen LogP contribution in [-0.2, 0) is 10.8 Å². The van der Waals surface area contributed by atoms with Crippen LogP contribution in [0.25, 0.3) is 0 Å². The largest absolute Gasteiger partial charge is 0.365 e. The zero-order chi connectivity index (χ0) is 10.6. The zero-order valence-electron chi connectivity index (χ0n) is 8.91. The Morgan fingerprint density at radius 2 is 2.14 bits per heavy atom. The summed E-state index contributed by atoms with van der Waals surface area (Å²) in [5, 5.41) is 3.36. The highest BCUT2D eigenvalue weighted by atomic mass is 32.2. The van der Waals surface area contributed by atoms with Gasteiger partial charge < -0.3 is 5.32 Å². The third-order valence-corrected chi connectivity index (χ3v) is 3.76. The van der Waals surface area contributed by atoms with Gasteiger partial charge in [0.25, 0.3) is 0 Å². The summed E-state index contributed by atoms with van der Waals surface area (Å²) in [4.78, 5) is 0. The summed E-state index contributed by atoms with van der Waals surface area (Å²) in [7, 11) is -0.775. The lowest BCUT2D eigenvalue weighted by molar-refractivity contribution is 0.678. The monoisotopic (exact) mass is 211 g/mol. The van der Waals surface area contributed by atoms with E-state index in [9.17, 15) is 4.21 Å². The summed E-state index contributed by atoms with van der Waals surface area (Å²) in [6.07, 6.45) is 7.81. The molecule has 0 aromatic rings. The molecule has 1 N–H and O–H groups in total. The van der Waals surface area contributed by atoms with E-state index < -0.39 is 10.8 Å². The summed E-state index contributed by atoms with van der Waals surface area (Å²) >= 11 is 0. The molecule has 0 aromatic heterocycles. The van der Waals surface area contributed by atoms with Crippen LogP contribution in [0, 0.1) is 0 Å². The Kier molecular flexibility index (Phi) is 4.14. The van der Waals surface area contributed by atoms with Gasteiger partial charge in [0.1, 0.15) is 0 Å². The Labute approximate surface area is 88.2 Å². The highest BCUT2D eigenvalue weighted by Gasteiger charge is 2.09. The van der Waals surface area contributed by atoms with Gasteiger partial charge in [0.2, 0.25) is 0 Å². The summed E-state index contributed by atoms with van der Waals surface area (Å²) < 4.78 is 11.7.